The maximum atomic E-state index is 4.89. The van der Waals surface area contributed by atoms with Crippen LogP contribution in [0.2, 0.25) is 0 Å². The Morgan fingerprint density at radius 3 is 1.50 bits per heavy atom. The number of anilines is 3. The second kappa shape index (κ2) is 12.6. The maximum Gasteiger partial charge on any atom is 0.0795 e. The Hall–Kier alpha value is -6.69. The zero-order valence-electron chi connectivity index (χ0n) is 28.0. The predicted octanol–water partition coefficient (Wildman–Crippen LogP) is 13.0. The van der Waals surface area contributed by atoms with Gasteiger partial charge in [-0.2, -0.15) is 0 Å². The summed E-state index contributed by atoms with van der Waals surface area (Å²) in [5.41, 5.74) is 10.0. The lowest BCUT2D eigenvalue weighted by molar-refractivity contribution is 1.28. The fourth-order valence-corrected chi connectivity index (χ4v) is 8.34. The number of aromatic nitrogens is 3. The monoisotopic (exact) mass is 682 g/mol. The molecule has 0 radical (unpaired) electrons. The Morgan fingerprint density at radius 1 is 0.404 bits per heavy atom. The fourth-order valence-electron chi connectivity index (χ4n) is 7.24. The van der Waals surface area contributed by atoms with E-state index in [1.165, 1.54) is 53.2 Å². The molecule has 10 rings (SSSR count). The van der Waals surface area contributed by atoms with E-state index in [2.05, 4.69) is 167 Å². The molecular formula is C47H30N4S. The first kappa shape index (κ1) is 30.2. The third-order valence-corrected chi connectivity index (χ3v) is 11.0. The first-order valence-electron chi connectivity index (χ1n) is 17.3. The van der Waals surface area contributed by atoms with E-state index < -0.39 is 0 Å². The summed E-state index contributed by atoms with van der Waals surface area (Å²) in [5.74, 6) is 0. The van der Waals surface area contributed by atoms with Crippen LogP contribution in [0.15, 0.2) is 183 Å². The molecule has 6 aromatic carbocycles. The third kappa shape index (κ3) is 5.36. The van der Waals surface area contributed by atoms with Crippen LogP contribution in [-0.4, -0.2) is 15.0 Å². The Labute approximate surface area is 305 Å². The van der Waals surface area contributed by atoms with E-state index in [0.29, 0.717) is 0 Å². The van der Waals surface area contributed by atoms with Crippen molar-refractivity contribution in [3.8, 4) is 33.5 Å². The predicted molar refractivity (Wildman–Crippen MR) is 219 cm³/mol. The molecule has 0 spiro atoms. The average molecular weight is 683 g/mol. The average Bonchev–Trinajstić information content (AvgIpc) is 3.61. The van der Waals surface area contributed by atoms with Gasteiger partial charge in [-0.05, 0) is 106 Å². The van der Waals surface area contributed by atoms with Gasteiger partial charge in [0.2, 0.25) is 0 Å². The molecule has 244 valence electrons. The van der Waals surface area contributed by atoms with Crippen LogP contribution >= 0.6 is 11.3 Å². The summed E-state index contributed by atoms with van der Waals surface area (Å²) in [7, 11) is 0. The summed E-state index contributed by atoms with van der Waals surface area (Å²) in [6, 6.07) is 54.5. The smallest absolute Gasteiger partial charge is 0.0795 e. The number of thiophene rings is 1. The molecule has 5 heteroatoms. The molecule has 0 saturated heterocycles. The fraction of sp³-hybridized carbons (Fsp3) is 0. The molecule has 52 heavy (non-hydrogen) atoms. The zero-order chi connectivity index (χ0) is 34.4. The summed E-state index contributed by atoms with van der Waals surface area (Å²) >= 11 is 1.82. The van der Waals surface area contributed by atoms with E-state index in [0.717, 1.165) is 39.1 Å². The van der Waals surface area contributed by atoms with Gasteiger partial charge >= 0.3 is 0 Å². The minimum absolute atomic E-state index is 1.01. The highest BCUT2D eigenvalue weighted by atomic mass is 32.1. The summed E-state index contributed by atoms with van der Waals surface area (Å²) < 4.78 is 2.53. The van der Waals surface area contributed by atoms with Gasteiger partial charge in [-0.15, -0.1) is 11.3 Å². The quantitative estimate of drug-likeness (QED) is 0.175. The van der Waals surface area contributed by atoms with E-state index in [-0.39, 0.29) is 0 Å². The van der Waals surface area contributed by atoms with Crippen LogP contribution in [0.3, 0.4) is 0 Å². The highest BCUT2D eigenvalue weighted by molar-refractivity contribution is 7.25. The third-order valence-electron chi connectivity index (χ3n) is 9.89. The Bertz CT molecular complexity index is 2770. The molecule has 0 aliphatic carbocycles. The Kier molecular flexibility index (Phi) is 7.29. The number of pyridine rings is 3. The number of rotatable bonds is 6. The molecule has 0 unspecified atom stereocenters. The molecule has 0 fully saturated rings. The van der Waals surface area contributed by atoms with Crippen molar-refractivity contribution in [1.29, 1.82) is 0 Å². The SMILES string of the molecule is c1ccc2c(c1)sc1ccnc(-c3ccc(N(c4ccc(-c5ccc6cnccc6c5)cc4)c4ccc(-c5ccc6cnccc6c5)cc4)cc3)c12. The van der Waals surface area contributed by atoms with Crippen molar-refractivity contribution in [2.75, 3.05) is 4.90 Å². The van der Waals surface area contributed by atoms with E-state index in [4.69, 9.17) is 4.98 Å². The highest BCUT2D eigenvalue weighted by Crippen LogP contribution is 2.41. The second-order valence-corrected chi connectivity index (χ2v) is 14.1. The van der Waals surface area contributed by atoms with E-state index >= 15 is 0 Å². The van der Waals surface area contributed by atoms with Crippen molar-refractivity contribution in [2.45, 2.75) is 0 Å². The first-order chi connectivity index (χ1) is 25.7. The molecule has 0 aliphatic heterocycles. The number of benzene rings is 6. The van der Waals surface area contributed by atoms with Gasteiger partial charge in [-0.3, -0.25) is 15.0 Å². The number of hydrogen-bond donors (Lipinski definition) is 0. The summed E-state index contributed by atoms with van der Waals surface area (Å²) in [6.45, 7) is 0. The minimum atomic E-state index is 1.01. The second-order valence-electron chi connectivity index (χ2n) is 13.0. The van der Waals surface area contributed by atoms with E-state index in [1.807, 2.05) is 42.3 Å². The summed E-state index contributed by atoms with van der Waals surface area (Å²) in [4.78, 5) is 15.8. The molecular weight excluding hydrogens is 653 g/mol. The minimum Gasteiger partial charge on any atom is -0.311 e. The molecule has 4 aromatic heterocycles. The van der Waals surface area contributed by atoms with Crippen LogP contribution in [0.4, 0.5) is 17.1 Å². The molecule has 4 heterocycles. The standard InChI is InChI=1S/C47H30N4S/c1-2-4-44-43(3-1)46-45(52-44)23-26-50-47(46)33-13-19-42(20-14-33)51(40-15-9-31(10-16-40)34-5-7-38-29-48-24-21-36(38)27-34)41-17-11-32(12-18-41)35-6-8-39-30-49-25-22-37(39)28-35/h1-30H. The number of fused-ring (bicyclic) bond motifs is 5. The van der Waals surface area contributed by atoms with Gasteiger partial charge in [-0.25, -0.2) is 0 Å². The van der Waals surface area contributed by atoms with Crippen molar-refractivity contribution in [1.82, 2.24) is 15.0 Å². The molecule has 4 nitrogen and oxygen atoms in total. The van der Waals surface area contributed by atoms with Crippen LogP contribution < -0.4 is 4.90 Å². The van der Waals surface area contributed by atoms with Crippen molar-refractivity contribution >= 4 is 70.1 Å². The molecule has 0 N–H and O–H groups in total. The van der Waals surface area contributed by atoms with Gasteiger partial charge < -0.3 is 4.90 Å². The summed E-state index contributed by atoms with van der Waals surface area (Å²) in [5, 5.41) is 7.11. The molecule has 0 amide bonds. The highest BCUT2D eigenvalue weighted by Gasteiger charge is 2.16. The zero-order valence-corrected chi connectivity index (χ0v) is 28.8. The lowest BCUT2D eigenvalue weighted by Gasteiger charge is -2.26. The summed E-state index contributed by atoms with van der Waals surface area (Å²) in [6.07, 6.45) is 9.44. The van der Waals surface area contributed by atoms with Crippen molar-refractivity contribution in [2.24, 2.45) is 0 Å². The van der Waals surface area contributed by atoms with Crippen LogP contribution in [0.25, 0.3) is 75.2 Å². The molecule has 10 aromatic rings. The molecule has 0 bridgehead atoms. The Morgan fingerprint density at radius 2 is 0.923 bits per heavy atom. The van der Waals surface area contributed by atoms with Gasteiger partial charge in [-0.1, -0.05) is 78.9 Å². The Balaban J connectivity index is 1.04. The van der Waals surface area contributed by atoms with E-state index in [1.54, 1.807) is 0 Å². The molecule has 0 atom stereocenters. The van der Waals surface area contributed by atoms with Crippen molar-refractivity contribution < 1.29 is 0 Å². The van der Waals surface area contributed by atoms with Gasteiger partial charge in [0.25, 0.3) is 0 Å². The number of nitrogens with zero attached hydrogens (tertiary/aromatic N) is 4. The van der Waals surface area contributed by atoms with E-state index in [9.17, 15) is 0 Å². The van der Waals surface area contributed by atoms with Crippen molar-refractivity contribution in [3.05, 3.63) is 183 Å². The van der Waals surface area contributed by atoms with Crippen molar-refractivity contribution in [3.63, 3.8) is 0 Å². The maximum absolute atomic E-state index is 4.89. The normalized spacial score (nSPS) is 11.5. The lowest BCUT2D eigenvalue weighted by atomic mass is 10.0. The molecule has 0 aliphatic rings. The molecule has 0 saturated carbocycles. The van der Waals surface area contributed by atoms with Gasteiger partial charge in [0, 0.05) is 84.6 Å². The van der Waals surface area contributed by atoms with Crippen LogP contribution in [0.1, 0.15) is 0 Å². The van der Waals surface area contributed by atoms with Crippen LogP contribution in [-0.2, 0) is 0 Å². The topological polar surface area (TPSA) is 41.9 Å². The lowest BCUT2D eigenvalue weighted by Crippen LogP contribution is -2.09. The van der Waals surface area contributed by atoms with Crippen LogP contribution in [0.5, 0.6) is 0 Å². The number of hydrogen-bond acceptors (Lipinski definition) is 5. The van der Waals surface area contributed by atoms with Gasteiger partial charge in [0.05, 0.1) is 5.69 Å². The largest absolute Gasteiger partial charge is 0.311 e. The van der Waals surface area contributed by atoms with Gasteiger partial charge in [0.15, 0.2) is 0 Å². The van der Waals surface area contributed by atoms with Crippen LogP contribution in [0, 0.1) is 0 Å². The first-order valence-corrected chi connectivity index (χ1v) is 18.1. The van der Waals surface area contributed by atoms with Gasteiger partial charge in [0.1, 0.15) is 0 Å².